The molecule has 8 atom stereocenters. The summed E-state index contributed by atoms with van der Waals surface area (Å²) in [5, 5.41) is 31.8. The van der Waals surface area contributed by atoms with Gasteiger partial charge in [-0.25, -0.2) is 13.7 Å². The highest BCUT2D eigenvalue weighted by atomic mass is 31.2. The third-order valence-corrected chi connectivity index (χ3v) is 12.8. The molecule has 0 aromatic heterocycles. The molecule has 0 saturated heterocycles. The number of hydrogen-bond donors (Lipinski definition) is 8. The van der Waals surface area contributed by atoms with Crippen LogP contribution in [0.25, 0.3) is 0 Å². The quantitative estimate of drug-likeness (QED) is 0.0124. The first-order valence-electron chi connectivity index (χ1n) is 23.6. The van der Waals surface area contributed by atoms with E-state index in [1.807, 2.05) is 0 Å². The number of hydrogen-bond acceptors (Lipinski definition) is 14. The van der Waals surface area contributed by atoms with Gasteiger partial charge < -0.3 is 49.3 Å². The van der Waals surface area contributed by atoms with Gasteiger partial charge in [-0.05, 0) is 44.9 Å². The molecule has 19 nitrogen and oxygen atoms in total. The first-order valence-corrected chi connectivity index (χ1v) is 28.2. The van der Waals surface area contributed by atoms with E-state index in [4.69, 9.17) is 18.5 Å². The van der Waals surface area contributed by atoms with Crippen molar-refractivity contribution in [3.05, 3.63) is 24.3 Å². The number of ether oxygens (including phenoxy) is 2. The Kier molecular flexibility index (Phi) is 33.9. The summed E-state index contributed by atoms with van der Waals surface area (Å²) >= 11 is 0. The summed E-state index contributed by atoms with van der Waals surface area (Å²) in [4.78, 5) is 73.1. The van der Waals surface area contributed by atoms with Crippen molar-refractivity contribution >= 4 is 35.4 Å². The van der Waals surface area contributed by atoms with Crippen LogP contribution in [0, 0.1) is 0 Å². The molecule has 0 aromatic rings. The third kappa shape index (κ3) is 32.1. The maximum atomic E-state index is 13.1. The Labute approximate surface area is 386 Å². The third-order valence-electron chi connectivity index (χ3n) is 10.8. The molecule has 0 spiro atoms. The normalized spacial score (nSPS) is 22.1. The smallest absolute Gasteiger partial charge is 0.462 e. The number of aliphatic hydroxyl groups is 3. The minimum absolute atomic E-state index is 0.0155. The molecule has 1 rings (SSSR count). The van der Waals surface area contributed by atoms with E-state index in [1.54, 1.807) is 0 Å². The number of allylic oxidation sites excluding steroid dienone is 4. The van der Waals surface area contributed by atoms with Gasteiger partial charge in [0.25, 0.3) is 0 Å². The molecular weight excluding hydrogens is 913 g/mol. The highest BCUT2D eigenvalue weighted by Gasteiger charge is 2.56. The number of phosphoric acid groups is 3. The summed E-state index contributed by atoms with van der Waals surface area (Å²) in [5.41, 5.74) is 0. The second kappa shape index (κ2) is 35.7. The SMILES string of the molecule is CCCCCC=CCC=CCCCCCCCC(=O)OC(COC(=O)CCCCCCCCCCCCCCC)COP(=O)(O)OC1C(O)C(O)C(OP(=O)(O)O)C(OP(=O)(O)O)C1O. The number of aliphatic hydroxyl groups excluding tert-OH is 3. The number of unbranched alkanes of at least 4 members (excludes halogenated alkanes) is 20. The molecule has 0 aliphatic heterocycles. The summed E-state index contributed by atoms with van der Waals surface area (Å²) in [5.74, 6) is -1.31. The molecule has 0 aromatic carbocycles. The average Bonchev–Trinajstić information content (AvgIpc) is 3.23. The summed E-state index contributed by atoms with van der Waals surface area (Å²) in [7, 11) is -16.6. The molecule has 0 radical (unpaired) electrons. The molecular formula is C43H81O19P3. The lowest BCUT2D eigenvalue weighted by Gasteiger charge is -2.44. The monoisotopic (exact) mass is 994 g/mol. The van der Waals surface area contributed by atoms with Gasteiger partial charge >= 0.3 is 35.4 Å². The maximum Gasteiger partial charge on any atom is 0.472 e. The van der Waals surface area contributed by atoms with Crippen LogP contribution < -0.4 is 0 Å². The van der Waals surface area contributed by atoms with Crippen LogP contribution in [0.1, 0.15) is 181 Å². The fourth-order valence-electron chi connectivity index (χ4n) is 7.20. The topological polar surface area (TPSA) is 303 Å². The Hall–Kier alpha value is -1.37. The average molecular weight is 995 g/mol. The van der Waals surface area contributed by atoms with Gasteiger partial charge in [-0.15, -0.1) is 0 Å². The summed E-state index contributed by atoms with van der Waals surface area (Å²) < 4.78 is 65.4. The molecule has 8 N–H and O–H groups in total. The van der Waals surface area contributed by atoms with E-state index in [1.165, 1.54) is 70.6 Å². The lowest BCUT2D eigenvalue weighted by atomic mass is 9.85. The molecule has 0 heterocycles. The Balaban J connectivity index is 2.75. The van der Waals surface area contributed by atoms with Gasteiger partial charge in [0.2, 0.25) is 0 Å². The number of esters is 2. The Morgan fingerprint density at radius 3 is 1.38 bits per heavy atom. The van der Waals surface area contributed by atoms with Gasteiger partial charge in [0.15, 0.2) is 6.10 Å². The minimum Gasteiger partial charge on any atom is -0.462 e. The van der Waals surface area contributed by atoms with Gasteiger partial charge in [-0.1, -0.05) is 147 Å². The second-order valence-corrected chi connectivity index (χ2v) is 20.5. The number of carbonyl (C=O) groups is 2. The minimum atomic E-state index is -5.60. The van der Waals surface area contributed by atoms with Crippen LogP contribution in [-0.4, -0.2) is 108 Å². The summed E-state index contributed by atoms with van der Waals surface area (Å²) in [6.45, 7) is 2.90. The van der Waals surface area contributed by atoms with Crippen LogP contribution in [0.15, 0.2) is 24.3 Å². The number of rotatable bonds is 40. The van der Waals surface area contributed by atoms with Gasteiger partial charge in [0, 0.05) is 12.8 Å². The van der Waals surface area contributed by atoms with Crippen molar-refractivity contribution in [3.63, 3.8) is 0 Å². The van der Waals surface area contributed by atoms with Crippen LogP contribution in [0.2, 0.25) is 0 Å². The Morgan fingerprint density at radius 1 is 0.492 bits per heavy atom. The van der Waals surface area contributed by atoms with Crippen molar-refractivity contribution in [2.45, 2.75) is 224 Å². The Morgan fingerprint density at radius 2 is 0.892 bits per heavy atom. The lowest BCUT2D eigenvalue weighted by molar-refractivity contribution is -0.213. The van der Waals surface area contributed by atoms with Crippen molar-refractivity contribution in [1.82, 2.24) is 0 Å². The number of phosphoric ester groups is 3. The van der Waals surface area contributed by atoms with E-state index in [9.17, 15) is 63.1 Å². The highest BCUT2D eigenvalue weighted by Crippen LogP contribution is 2.51. The van der Waals surface area contributed by atoms with Crippen LogP contribution in [0.4, 0.5) is 0 Å². The lowest BCUT2D eigenvalue weighted by Crippen LogP contribution is -2.65. The van der Waals surface area contributed by atoms with Crippen LogP contribution >= 0.6 is 23.5 Å². The van der Waals surface area contributed by atoms with E-state index in [0.29, 0.717) is 12.8 Å². The zero-order chi connectivity index (χ0) is 48.6. The first-order chi connectivity index (χ1) is 30.8. The molecule has 8 unspecified atom stereocenters. The van der Waals surface area contributed by atoms with Crippen molar-refractivity contribution < 1.29 is 90.6 Å². The molecule has 382 valence electrons. The van der Waals surface area contributed by atoms with Gasteiger partial charge in [0.1, 0.15) is 43.2 Å². The summed E-state index contributed by atoms with van der Waals surface area (Å²) in [6, 6.07) is 0. The maximum absolute atomic E-state index is 13.1. The molecule has 22 heteroatoms. The fourth-order valence-corrected chi connectivity index (χ4v) is 9.30. The van der Waals surface area contributed by atoms with Crippen molar-refractivity contribution in [1.29, 1.82) is 0 Å². The fraction of sp³-hybridized carbons (Fsp3) is 0.860. The van der Waals surface area contributed by atoms with E-state index in [0.717, 1.165) is 70.6 Å². The molecule has 0 amide bonds. The molecule has 1 aliphatic rings. The van der Waals surface area contributed by atoms with Crippen molar-refractivity contribution in [2.24, 2.45) is 0 Å². The Bertz CT molecular complexity index is 1470. The van der Waals surface area contributed by atoms with Crippen molar-refractivity contribution in [3.8, 4) is 0 Å². The second-order valence-electron chi connectivity index (χ2n) is 16.7. The predicted molar refractivity (Wildman–Crippen MR) is 243 cm³/mol. The molecule has 1 aliphatic carbocycles. The van der Waals surface area contributed by atoms with Crippen LogP contribution in [0.5, 0.6) is 0 Å². The van der Waals surface area contributed by atoms with Crippen LogP contribution in [-0.2, 0) is 50.9 Å². The van der Waals surface area contributed by atoms with Gasteiger partial charge in [0.05, 0.1) is 6.61 Å². The standard InChI is InChI=1S/C43H81O19P3/c1-3-5-7-9-11-13-15-17-18-20-22-24-26-28-30-32-37(45)59-35(33-57-36(44)31-29-27-25-23-21-19-16-14-12-10-8-6-4-2)34-58-65(55,56)62-41-38(46)39(47)42(60-63(49,50)51)43(40(41)48)61-64(52,53)54/h11,13,17-18,35,38-43,46-48H,3-10,12,14-16,19-34H2,1-2H3,(H,55,56)(H2,49,50,51)(H2,52,53,54). The van der Waals surface area contributed by atoms with E-state index >= 15 is 0 Å². The van der Waals surface area contributed by atoms with Crippen molar-refractivity contribution in [2.75, 3.05) is 13.2 Å². The summed E-state index contributed by atoms with van der Waals surface area (Å²) in [6.07, 6.45) is 17.7. The zero-order valence-electron chi connectivity index (χ0n) is 38.6. The van der Waals surface area contributed by atoms with E-state index in [2.05, 4.69) is 47.2 Å². The molecule has 1 saturated carbocycles. The van der Waals surface area contributed by atoms with E-state index < -0.39 is 91.3 Å². The van der Waals surface area contributed by atoms with Crippen LogP contribution in [0.3, 0.4) is 0 Å². The highest BCUT2D eigenvalue weighted by molar-refractivity contribution is 7.47. The molecule has 65 heavy (non-hydrogen) atoms. The first kappa shape index (κ1) is 61.6. The van der Waals surface area contributed by atoms with Gasteiger partial charge in [-0.2, -0.15) is 0 Å². The predicted octanol–water partition coefficient (Wildman–Crippen LogP) is 8.29. The molecule has 0 bridgehead atoms. The zero-order valence-corrected chi connectivity index (χ0v) is 41.2. The molecule has 1 fully saturated rings. The largest absolute Gasteiger partial charge is 0.472 e. The van der Waals surface area contributed by atoms with E-state index in [-0.39, 0.29) is 12.8 Å². The van der Waals surface area contributed by atoms with Gasteiger partial charge in [-0.3, -0.25) is 27.7 Å². The number of carbonyl (C=O) groups excluding carboxylic acids is 2.